The van der Waals surface area contributed by atoms with Crippen LogP contribution in [0.2, 0.25) is 5.02 Å². The normalized spacial score (nSPS) is 14.1. The van der Waals surface area contributed by atoms with Crippen LogP contribution in [0, 0.1) is 0 Å². The summed E-state index contributed by atoms with van der Waals surface area (Å²) in [6.45, 7) is 2.84. The Balaban J connectivity index is 1.42. The summed E-state index contributed by atoms with van der Waals surface area (Å²) in [6, 6.07) is 3.65. The van der Waals surface area contributed by atoms with Gasteiger partial charge in [-0.3, -0.25) is 4.79 Å². The highest BCUT2D eigenvalue weighted by molar-refractivity contribution is 6.33. The average Bonchev–Trinajstić information content (AvgIpc) is 3.28. The fourth-order valence-corrected chi connectivity index (χ4v) is 2.86. The number of ether oxygens (including phenoxy) is 1. The van der Waals surface area contributed by atoms with Crippen LogP contribution in [-0.2, 0) is 11.3 Å². The van der Waals surface area contributed by atoms with Gasteiger partial charge in [0.1, 0.15) is 12.7 Å². The molecule has 144 valence electrons. The van der Waals surface area contributed by atoms with E-state index in [-0.39, 0.29) is 23.2 Å². The highest BCUT2D eigenvalue weighted by Crippen LogP contribution is 2.17. The summed E-state index contributed by atoms with van der Waals surface area (Å²) in [4.78, 5) is 31.3. The van der Waals surface area contributed by atoms with Gasteiger partial charge < -0.3 is 15.0 Å². The third-order valence-electron chi connectivity index (χ3n) is 4.16. The van der Waals surface area contributed by atoms with Gasteiger partial charge in [0.2, 0.25) is 5.95 Å². The van der Waals surface area contributed by atoms with Gasteiger partial charge in [0.25, 0.3) is 5.91 Å². The Morgan fingerprint density at radius 2 is 2.07 bits per heavy atom. The van der Waals surface area contributed by atoms with Gasteiger partial charge in [0.05, 0.1) is 24.4 Å². The minimum Gasteiger partial charge on any atom is -0.378 e. The van der Waals surface area contributed by atoms with Crippen LogP contribution in [0.5, 0.6) is 0 Å². The Bertz CT molecular complexity index is 942. The van der Waals surface area contributed by atoms with Crippen LogP contribution in [0.1, 0.15) is 16.1 Å². The largest absolute Gasteiger partial charge is 0.378 e. The van der Waals surface area contributed by atoms with Crippen LogP contribution in [-0.4, -0.2) is 61.9 Å². The van der Waals surface area contributed by atoms with Crippen molar-refractivity contribution in [3.8, 4) is 5.82 Å². The lowest BCUT2D eigenvalue weighted by molar-refractivity contribution is 0.0945. The van der Waals surface area contributed by atoms with E-state index in [1.165, 1.54) is 12.5 Å². The van der Waals surface area contributed by atoms with Crippen molar-refractivity contribution >= 4 is 23.5 Å². The molecule has 1 fully saturated rings. The molecular weight excluding hydrogens is 384 g/mol. The van der Waals surface area contributed by atoms with Gasteiger partial charge in [-0.15, -0.1) is 0 Å². The molecule has 28 heavy (non-hydrogen) atoms. The number of carbonyl (C=O) groups excluding carboxylic acids is 1. The number of hydrogen-bond acceptors (Lipinski definition) is 8. The molecule has 3 aromatic rings. The number of pyridine rings is 1. The molecule has 1 N–H and O–H groups in total. The number of nitrogens with zero attached hydrogens (tertiary/aromatic N) is 7. The molecule has 0 radical (unpaired) electrons. The number of aromatic nitrogens is 6. The van der Waals surface area contributed by atoms with Crippen molar-refractivity contribution in [2.75, 3.05) is 31.2 Å². The van der Waals surface area contributed by atoms with Crippen molar-refractivity contribution in [3.05, 3.63) is 53.5 Å². The first-order chi connectivity index (χ1) is 13.7. The second-order valence-electron chi connectivity index (χ2n) is 6.01. The SMILES string of the molecule is O=C(NCc1ccc(-n2cncn2)nc1)c1nc(N2CCOCC2)ncc1Cl. The van der Waals surface area contributed by atoms with E-state index in [0.717, 1.165) is 5.56 Å². The van der Waals surface area contributed by atoms with Gasteiger partial charge in [-0.1, -0.05) is 17.7 Å². The summed E-state index contributed by atoms with van der Waals surface area (Å²) in [7, 11) is 0. The van der Waals surface area contributed by atoms with Crippen LogP contribution in [0.25, 0.3) is 5.82 Å². The van der Waals surface area contributed by atoms with Crippen molar-refractivity contribution in [1.82, 2.24) is 35.0 Å². The van der Waals surface area contributed by atoms with Crippen LogP contribution in [0.4, 0.5) is 5.95 Å². The molecule has 11 heteroatoms. The molecular formula is C17H17ClN8O2. The molecule has 0 bridgehead atoms. The average molecular weight is 401 g/mol. The zero-order valence-corrected chi connectivity index (χ0v) is 15.6. The smallest absolute Gasteiger partial charge is 0.271 e. The van der Waals surface area contributed by atoms with E-state index < -0.39 is 0 Å². The maximum atomic E-state index is 12.6. The molecule has 0 unspecified atom stereocenters. The second kappa shape index (κ2) is 8.28. The Morgan fingerprint density at radius 3 is 2.79 bits per heavy atom. The van der Waals surface area contributed by atoms with E-state index in [1.54, 1.807) is 23.3 Å². The van der Waals surface area contributed by atoms with Crippen LogP contribution in [0.3, 0.4) is 0 Å². The molecule has 0 atom stereocenters. The molecule has 1 amide bonds. The van der Waals surface area contributed by atoms with Crippen LogP contribution >= 0.6 is 11.6 Å². The molecule has 1 aliphatic heterocycles. The van der Waals surface area contributed by atoms with Gasteiger partial charge in [-0.25, -0.2) is 24.6 Å². The Hall–Kier alpha value is -3.11. The summed E-state index contributed by atoms with van der Waals surface area (Å²) in [5, 5.41) is 7.03. The number of carbonyl (C=O) groups is 1. The van der Waals surface area contributed by atoms with E-state index in [2.05, 4.69) is 30.4 Å². The predicted molar refractivity (Wildman–Crippen MR) is 100 cm³/mol. The van der Waals surface area contributed by atoms with E-state index in [1.807, 2.05) is 11.0 Å². The Morgan fingerprint density at radius 1 is 1.21 bits per heavy atom. The maximum Gasteiger partial charge on any atom is 0.271 e. The lowest BCUT2D eigenvalue weighted by atomic mass is 10.2. The standard InChI is InChI=1S/C17H17ClN8O2/c18-13-9-22-17(25-3-5-28-6-4-25)24-15(13)16(27)21-8-12-1-2-14(20-7-12)26-11-19-10-23-26/h1-2,7,9-11H,3-6,8H2,(H,21,27). The fourth-order valence-electron chi connectivity index (χ4n) is 2.68. The lowest BCUT2D eigenvalue weighted by Gasteiger charge is -2.26. The molecule has 10 nitrogen and oxygen atoms in total. The summed E-state index contributed by atoms with van der Waals surface area (Å²) in [5.74, 6) is 0.737. The highest BCUT2D eigenvalue weighted by Gasteiger charge is 2.19. The van der Waals surface area contributed by atoms with E-state index >= 15 is 0 Å². The summed E-state index contributed by atoms with van der Waals surface area (Å²) in [5.41, 5.74) is 0.973. The van der Waals surface area contributed by atoms with Crippen molar-refractivity contribution < 1.29 is 9.53 Å². The quantitative estimate of drug-likeness (QED) is 0.671. The first-order valence-corrected chi connectivity index (χ1v) is 9.02. The molecule has 0 spiro atoms. The fraction of sp³-hybridized carbons (Fsp3) is 0.294. The number of halogens is 1. The number of hydrogen-bond donors (Lipinski definition) is 1. The zero-order valence-electron chi connectivity index (χ0n) is 14.8. The Kier molecular flexibility index (Phi) is 5.40. The number of morpholine rings is 1. The molecule has 0 aromatic carbocycles. The predicted octanol–water partition coefficient (Wildman–Crippen LogP) is 0.872. The summed E-state index contributed by atoms with van der Waals surface area (Å²) < 4.78 is 6.88. The monoisotopic (exact) mass is 400 g/mol. The second-order valence-corrected chi connectivity index (χ2v) is 6.42. The van der Waals surface area contributed by atoms with E-state index in [4.69, 9.17) is 16.3 Å². The van der Waals surface area contributed by atoms with Crippen molar-refractivity contribution in [1.29, 1.82) is 0 Å². The minimum absolute atomic E-state index is 0.144. The molecule has 4 rings (SSSR count). The number of rotatable bonds is 5. The minimum atomic E-state index is -0.373. The summed E-state index contributed by atoms with van der Waals surface area (Å²) >= 11 is 6.13. The van der Waals surface area contributed by atoms with Gasteiger partial charge in [-0.2, -0.15) is 5.10 Å². The molecule has 1 saturated heterocycles. The number of anilines is 1. The van der Waals surface area contributed by atoms with E-state index in [9.17, 15) is 4.79 Å². The maximum absolute atomic E-state index is 12.6. The first kappa shape index (κ1) is 18.3. The van der Waals surface area contributed by atoms with Gasteiger partial charge >= 0.3 is 0 Å². The van der Waals surface area contributed by atoms with E-state index in [0.29, 0.717) is 38.1 Å². The third kappa shape index (κ3) is 4.07. The Labute approximate surface area is 165 Å². The summed E-state index contributed by atoms with van der Waals surface area (Å²) in [6.07, 6.45) is 6.11. The highest BCUT2D eigenvalue weighted by atomic mass is 35.5. The zero-order chi connectivity index (χ0) is 19.3. The molecule has 4 heterocycles. The first-order valence-electron chi connectivity index (χ1n) is 8.64. The number of amides is 1. The molecule has 3 aromatic heterocycles. The van der Waals surface area contributed by atoms with Gasteiger partial charge in [-0.05, 0) is 11.6 Å². The van der Waals surface area contributed by atoms with Crippen LogP contribution < -0.4 is 10.2 Å². The number of nitrogens with one attached hydrogen (secondary N) is 1. The molecule has 0 saturated carbocycles. The third-order valence-corrected chi connectivity index (χ3v) is 4.43. The van der Waals surface area contributed by atoms with Crippen molar-refractivity contribution in [3.63, 3.8) is 0 Å². The van der Waals surface area contributed by atoms with Crippen molar-refractivity contribution in [2.45, 2.75) is 6.54 Å². The lowest BCUT2D eigenvalue weighted by Crippen LogP contribution is -2.37. The topological polar surface area (TPSA) is 111 Å². The molecule has 0 aliphatic carbocycles. The van der Waals surface area contributed by atoms with Gasteiger partial charge in [0.15, 0.2) is 11.5 Å². The van der Waals surface area contributed by atoms with Crippen LogP contribution in [0.15, 0.2) is 37.2 Å². The van der Waals surface area contributed by atoms with Gasteiger partial charge in [0, 0.05) is 25.8 Å². The molecule has 1 aliphatic rings. The van der Waals surface area contributed by atoms with Crippen molar-refractivity contribution in [2.24, 2.45) is 0 Å².